The van der Waals surface area contributed by atoms with E-state index in [2.05, 4.69) is 22.7 Å². The van der Waals surface area contributed by atoms with Crippen LogP contribution in [0.2, 0.25) is 0 Å². The van der Waals surface area contributed by atoms with Gasteiger partial charge in [0.15, 0.2) is 0 Å². The van der Waals surface area contributed by atoms with E-state index in [1.807, 2.05) is 5.38 Å². The summed E-state index contributed by atoms with van der Waals surface area (Å²) in [6, 6.07) is 0. The fourth-order valence-corrected chi connectivity index (χ4v) is 0.408. The molecule has 0 saturated heterocycles. The van der Waals surface area contributed by atoms with Gasteiger partial charge in [-0.2, -0.15) is 0 Å². The highest BCUT2D eigenvalue weighted by Gasteiger charge is 1.61. The molecule has 0 aromatic carbocycles. The maximum Gasteiger partial charge on any atom is 0.0620 e. The lowest BCUT2D eigenvalue weighted by Gasteiger charge is -1.40. The summed E-state index contributed by atoms with van der Waals surface area (Å²) in [5.41, 5.74) is 0. The van der Waals surface area contributed by atoms with Crippen molar-refractivity contribution in [3.05, 3.63) is 24.7 Å². The van der Waals surface area contributed by atoms with Gasteiger partial charge in [0.2, 0.25) is 0 Å². The molecule has 46 valence electrons. The summed E-state index contributed by atoms with van der Waals surface area (Å²) in [7, 11) is 0. The van der Waals surface area contributed by atoms with E-state index in [1.165, 1.54) is 11.5 Å². The number of nitrogens with zero attached hydrogens (tertiary/aromatic N) is 2. The Morgan fingerprint density at radius 2 is 2.00 bits per heavy atom. The highest BCUT2D eigenvalue weighted by molar-refractivity contribution is 7.03. The van der Waals surface area contributed by atoms with Crippen molar-refractivity contribution in [3.63, 3.8) is 0 Å². The number of rotatable bonds is 0. The molecule has 1 aromatic heterocycles. The zero-order valence-electron chi connectivity index (χ0n) is 4.58. The second kappa shape index (κ2) is 9.54. The van der Waals surface area contributed by atoms with Crippen LogP contribution in [0.1, 0.15) is 0 Å². The van der Waals surface area contributed by atoms with Crippen LogP contribution in [0.25, 0.3) is 0 Å². The van der Waals surface area contributed by atoms with Crippen LogP contribution in [0.15, 0.2) is 24.7 Å². The van der Waals surface area contributed by atoms with E-state index in [0.717, 1.165) is 0 Å². The topological polar surface area (TPSA) is 60.8 Å². The molecule has 3 nitrogen and oxygen atoms in total. The summed E-state index contributed by atoms with van der Waals surface area (Å²) in [6.45, 7) is 6.00. The number of hydrogen-bond donors (Lipinski definition) is 1. The van der Waals surface area contributed by atoms with Gasteiger partial charge in [0.25, 0.3) is 0 Å². The fourth-order valence-electron chi connectivity index (χ4n) is 0.136. The maximum absolute atomic E-state index is 3.51. The van der Waals surface area contributed by atoms with Gasteiger partial charge in [-0.3, -0.25) is 0 Å². The Bertz CT molecular complexity index is 78.2. The Morgan fingerprint density at radius 3 is 2.12 bits per heavy atom. The summed E-state index contributed by atoms with van der Waals surface area (Å²) in [4.78, 5) is 0. The second-order valence-electron chi connectivity index (χ2n) is 0.588. The van der Waals surface area contributed by atoms with Gasteiger partial charge in [0.05, 0.1) is 6.20 Å². The predicted octanol–water partition coefficient (Wildman–Crippen LogP) is 1.50. The lowest BCUT2D eigenvalue weighted by Crippen LogP contribution is -1.51. The molecular formula is C4H9N3S. The summed E-state index contributed by atoms with van der Waals surface area (Å²) < 4.78 is 3.51. The van der Waals surface area contributed by atoms with Crippen LogP contribution in [0.4, 0.5) is 0 Å². The van der Waals surface area contributed by atoms with Gasteiger partial charge in [-0.05, 0) is 11.5 Å². The molecule has 0 aliphatic carbocycles. The van der Waals surface area contributed by atoms with Gasteiger partial charge in [0.1, 0.15) is 0 Å². The lowest BCUT2D eigenvalue weighted by atomic mass is 11.1. The third kappa shape index (κ3) is 5.26. The minimum atomic E-state index is 0. The van der Waals surface area contributed by atoms with Crippen LogP contribution in [0.3, 0.4) is 0 Å². The van der Waals surface area contributed by atoms with Crippen molar-refractivity contribution in [2.45, 2.75) is 0 Å². The molecule has 0 spiro atoms. The summed E-state index contributed by atoms with van der Waals surface area (Å²) in [5, 5.41) is 5.31. The first kappa shape index (κ1) is 10.3. The van der Waals surface area contributed by atoms with Crippen LogP contribution in [0.5, 0.6) is 0 Å². The first-order chi connectivity index (χ1) is 3.50. The Balaban J connectivity index is 0. The summed E-state index contributed by atoms with van der Waals surface area (Å²) in [6.07, 6.45) is 1.66. The molecule has 0 fully saturated rings. The molecule has 0 aliphatic rings. The third-order valence-electron chi connectivity index (χ3n) is 0.283. The molecule has 4 heteroatoms. The Hall–Kier alpha value is -0.740. The first-order valence-electron chi connectivity index (χ1n) is 1.71. The van der Waals surface area contributed by atoms with Crippen molar-refractivity contribution in [3.8, 4) is 0 Å². The molecule has 0 bridgehead atoms. The zero-order valence-corrected chi connectivity index (χ0v) is 5.40. The molecule has 1 rings (SSSR count). The fraction of sp³-hybridized carbons (Fsp3) is 0. The minimum absolute atomic E-state index is 0. The molecule has 1 aromatic rings. The van der Waals surface area contributed by atoms with Crippen LogP contribution in [-0.2, 0) is 0 Å². The Labute approximate surface area is 52.8 Å². The van der Waals surface area contributed by atoms with Crippen molar-refractivity contribution in [1.82, 2.24) is 15.7 Å². The number of hydrogen-bond acceptors (Lipinski definition) is 4. The van der Waals surface area contributed by atoms with Gasteiger partial charge in [0, 0.05) is 5.38 Å². The van der Waals surface area contributed by atoms with Crippen LogP contribution >= 0.6 is 11.5 Å². The van der Waals surface area contributed by atoms with Crippen LogP contribution in [-0.4, -0.2) is 9.59 Å². The SMILES string of the molecule is C=C.N.c1csnn1. The van der Waals surface area contributed by atoms with Gasteiger partial charge in [-0.25, -0.2) is 0 Å². The van der Waals surface area contributed by atoms with Crippen LogP contribution in [0, 0.1) is 0 Å². The molecule has 0 amide bonds. The van der Waals surface area contributed by atoms with Crippen LogP contribution < -0.4 is 6.15 Å². The van der Waals surface area contributed by atoms with Crippen molar-refractivity contribution in [2.75, 3.05) is 0 Å². The summed E-state index contributed by atoms with van der Waals surface area (Å²) in [5.74, 6) is 0. The van der Waals surface area contributed by atoms with E-state index in [0.29, 0.717) is 0 Å². The highest BCUT2D eigenvalue weighted by Crippen LogP contribution is 1.78. The monoisotopic (exact) mass is 131 g/mol. The van der Waals surface area contributed by atoms with Crippen molar-refractivity contribution in [1.29, 1.82) is 0 Å². The summed E-state index contributed by atoms with van der Waals surface area (Å²) >= 11 is 1.35. The quantitative estimate of drug-likeness (QED) is 0.543. The second-order valence-corrected chi connectivity index (χ2v) is 1.23. The van der Waals surface area contributed by atoms with E-state index >= 15 is 0 Å². The number of aromatic nitrogens is 2. The smallest absolute Gasteiger partial charge is 0.0620 e. The zero-order chi connectivity index (χ0) is 5.54. The van der Waals surface area contributed by atoms with Crippen molar-refractivity contribution >= 4 is 11.5 Å². The average molecular weight is 131 g/mol. The normalized spacial score (nSPS) is 5.50. The van der Waals surface area contributed by atoms with E-state index in [9.17, 15) is 0 Å². The maximum atomic E-state index is 3.51. The van der Waals surface area contributed by atoms with Gasteiger partial charge in [-0.1, -0.05) is 4.49 Å². The van der Waals surface area contributed by atoms with Crippen molar-refractivity contribution < 1.29 is 0 Å². The van der Waals surface area contributed by atoms with E-state index in [-0.39, 0.29) is 6.15 Å². The standard InChI is InChI=1S/C2H2N2S.C2H4.H3N/c1-2-5-4-3-1;1-2;/h1-2H;1-2H2;1H3. The van der Waals surface area contributed by atoms with Gasteiger partial charge < -0.3 is 6.15 Å². The molecule has 0 unspecified atom stereocenters. The molecule has 0 radical (unpaired) electrons. The predicted molar refractivity (Wildman–Crippen MR) is 36.2 cm³/mol. The van der Waals surface area contributed by atoms with E-state index < -0.39 is 0 Å². The molecule has 1 heterocycles. The average Bonchev–Trinajstić information content (AvgIpc) is 2.23. The molecule has 0 aliphatic heterocycles. The Kier molecular flexibility index (Phi) is 12.3. The molecule has 8 heavy (non-hydrogen) atoms. The third-order valence-corrected chi connectivity index (χ3v) is 0.715. The molecular weight excluding hydrogens is 122 g/mol. The molecule has 0 saturated carbocycles. The highest BCUT2D eigenvalue weighted by atomic mass is 32.1. The van der Waals surface area contributed by atoms with Gasteiger partial charge >= 0.3 is 0 Å². The largest absolute Gasteiger partial charge is 0.344 e. The van der Waals surface area contributed by atoms with E-state index in [4.69, 9.17) is 0 Å². The lowest BCUT2D eigenvalue weighted by molar-refractivity contribution is 1.16. The van der Waals surface area contributed by atoms with Crippen molar-refractivity contribution in [2.24, 2.45) is 0 Å². The molecule has 3 N–H and O–H groups in total. The first-order valence-corrected chi connectivity index (χ1v) is 2.55. The van der Waals surface area contributed by atoms with E-state index in [1.54, 1.807) is 6.20 Å². The Morgan fingerprint density at radius 1 is 1.38 bits per heavy atom. The molecule has 0 atom stereocenters. The minimum Gasteiger partial charge on any atom is -0.344 e. The van der Waals surface area contributed by atoms with Gasteiger partial charge in [-0.15, -0.1) is 18.3 Å².